The first-order valence-electron chi connectivity index (χ1n) is 17.4. The van der Waals surface area contributed by atoms with Crippen LogP contribution < -0.4 is 0 Å². The van der Waals surface area contributed by atoms with E-state index in [1.54, 1.807) is 18.2 Å². The molecule has 12 heteroatoms. The lowest BCUT2D eigenvalue weighted by molar-refractivity contribution is 0.242. The minimum atomic E-state index is -4.91. The number of hydrogen-bond acceptors (Lipinski definition) is 8. The fourth-order valence-corrected chi connectivity index (χ4v) is 7.72. The Hall–Kier alpha value is -1.64. The van der Waals surface area contributed by atoms with Crippen LogP contribution in [0.4, 0.5) is 0 Å². The molecular weight excluding hydrogens is 653 g/mol. The minimum Gasteiger partial charge on any atom is -0.395 e. The third-order valence-corrected chi connectivity index (χ3v) is 9.90. The molecule has 0 aliphatic rings. The lowest BCUT2D eigenvalue weighted by atomic mass is 9.91. The predicted molar refractivity (Wildman–Crippen MR) is 198 cm³/mol. The highest BCUT2D eigenvalue weighted by Crippen LogP contribution is 2.38. The number of aliphatic hydroxyl groups excluding tert-OH is 2. The molecule has 0 aliphatic carbocycles. The van der Waals surface area contributed by atoms with E-state index in [4.69, 9.17) is 10.2 Å². The normalized spacial score (nSPS) is 12.1. The first kappa shape index (κ1) is 46.4. The molecule has 280 valence electrons. The fourth-order valence-electron chi connectivity index (χ4n) is 5.40. The molecule has 0 saturated heterocycles. The van der Waals surface area contributed by atoms with Crippen molar-refractivity contribution >= 4 is 31.0 Å². The number of benzene rings is 2. The van der Waals surface area contributed by atoms with Gasteiger partial charge in [0.15, 0.2) is 0 Å². The van der Waals surface area contributed by atoms with Gasteiger partial charge in [-0.25, -0.2) is 0 Å². The number of hydrogen-bond donors (Lipinski definition) is 4. The zero-order chi connectivity index (χ0) is 36.9. The summed E-state index contributed by atoms with van der Waals surface area (Å²) in [6, 6.07) is 6.66. The van der Waals surface area contributed by atoms with Gasteiger partial charge in [0.2, 0.25) is 0 Å². The smallest absolute Gasteiger partial charge is 0.296 e. The Morgan fingerprint density at radius 1 is 0.562 bits per heavy atom. The zero-order valence-electron chi connectivity index (χ0n) is 30.9. The highest BCUT2D eigenvalue weighted by atomic mass is 32.2. The first-order valence-corrected chi connectivity index (χ1v) is 20.3. The maximum atomic E-state index is 12.6. The maximum absolute atomic E-state index is 12.6. The maximum Gasteiger partial charge on any atom is 0.296 e. The number of aryl methyl sites for hydroxylation is 1. The van der Waals surface area contributed by atoms with E-state index < -0.39 is 30.0 Å². The molecule has 0 saturated carbocycles. The van der Waals surface area contributed by atoms with Crippen molar-refractivity contribution in [1.29, 1.82) is 0 Å². The van der Waals surface area contributed by atoms with Gasteiger partial charge in [0.05, 0.1) is 13.2 Å². The summed E-state index contributed by atoms with van der Waals surface area (Å²) in [6.45, 7) is 10.8. The average Bonchev–Trinajstić information content (AvgIpc) is 2.95. The molecule has 4 N–H and O–H groups in total. The van der Waals surface area contributed by atoms with E-state index in [0.29, 0.717) is 42.0 Å². The molecule has 2 rings (SSSR count). The number of unbranched alkanes of at least 4 members (excludes halogenated alkanes) is 6. The van der Waals surface area contributed by atoms with Gasteiger partial charge in [-0.15, -0.1) is 0 Å². The molecule has 0 unspecified atom stereocenters. The average molecular weight is 719 g/mol. The lowest BCUT2D eigenvalue weighted by Crippen LogP contribution is -2.15. The lowest BCUT2D eigenvalue weighted by Gasteiger charge is -2.20. The van der Waals surface area contributed by atoms with E-state index >= 15 is 0 Å². The number of aliphatic hydroxyl groups is 2. The van der Waals surface area contributed by atoms with E-state index in [1.165, 1.54) is 12.5 Å². The molecule has 0 amide bonds. The van der Waals surface area contributed by atoms with Gasteiger partial charge in [-0.2, -0.15) is 16.8 Å². The summed E-state index contributed by atoms with van der Waals surface area (Å²) in [5, 5.41) is 17.1. The van der Waals surface area contributed by atoms with E-state index in [-0.39, 0.29) is 18.6 Å². The summed E-state index contributed by atoms with van der Waals surface area (Å²) in [5.41, 5.74) is 1.09. The third-order valence-electron chi connectivity index (χ3n) is 7.87. The van der Waals surface area contributed by atoms with E-state index in [1.807, 2.05) is 38.0 Å². The van der Waals surface area contributed by atoms with Gasteiger partial charge < -0.3 is 20.0 Å². The van der Waals surface area contributed by atoms with Crippen LogP contribution in [-0.2, 0) is 33.1 Å². The minimum absolute atomic E-state index is 0.128. The SMILES string of the molecule is CC(C)CCCCCCc1c(S(=O)(=O)O)c(S(=O)(=O)O)c2ccccc2c1CCCCCCC(C)C.CN(C)CCO.CN(C)CCO. The Bertz CT molecular complexity index is 1370. The summed E-state index contributed by atoms with van der Waals surface area (Å²) in [5.74, 6) is 1.28. The summed E-state index contributed by atoms with van der Waals surface area (Å²) in [6.07, 6.45) is 10.9. The number of fused-ring (bicyclic) bond motifs is 1. The third kappa shape index (κ3) is 19.5. The molecule has 0 aromatic heterocycles. The molecule has 2 aromatic rings. The van der Waals surface area contributed by atoms with Gasteiger partial charge in [-0.3, -0.25) is 9.11 Å². The van der Waals surface area contributed by atoms with Gasteiger partial charge >= 0.3 is 0 Å². The molecule has 48 heavy (non-hydrogen) atoms. The van der Waals surface area contributed by atoms with Gasteiger partial charge in [0, 0.05) is 18.5 Å². The summed E-state index contributed by atoms with van der Waals surface area (Å²) in [7, 11) is -2.11. The molecule has 2 aromatic carbocycles. The van der Waals surface area contributed by atoms with Crippen LogP contribution in [0.3, 0.4) is 0 Å². The number of nitrogens with zero attached hydrogens (tertiary/aromatic N) is 2. The molecular formula is C36H66N2O8S2. The Morgan fingerprint density at radius 2 is 0.938 bits per heavy atom. The van der Waals surface area contributed by atoms with Gasteiger partial charge in [-0.1, -0.05) is 103 Å². The second-order valence-corrected chi connectivity index (χ2v) is 16.6. The molecule has 0 radical (unpaired) electrons. The van der Waals surface area contributed by atoms with Crippen LogP contribution in [0.1, 0.15) is 103 Å². The number of rotatable bonds is 20. The van der Waals surface area contributed by atoms with Gasteiger partial charge in [0.1, 0.15) is 9.79 Å². The van der Waals surface area contributed by atoms with Crippen molar-refractivity contribution in [2.24, 2.45) is 11.8 Å². The molecule has 0 aliphatic heterocycles. The van der Waals surface area contributed by atoms with Crippen LogP contribution in [0.15, 0.2) is 34.1 Å². The van der Waals surface area contributed by atoms with Crippen LogP contribution in [0.5, 0.6) is 0 Å². The Morgan fingerprint density at radius 3 is 1.27 bits per heavy atom. The molecule has 0 atom stereocenters. The van der Waals surface area contributed by atoms with Crippen molar-refractivity contribution in [3.63, 3.8) is 0 Å². The van der Waals surface area contributed by atoms with Crippen molar-refractivity contribution in [1.82, 2.24) is 9.80 Å². The highest BCUT2D eigenvalue weighted by molar-refractivity contribution is 7.89. The highest BCUT2D eigenvalue weighted by Gasteiger charge is 2.32. The standard InChI is InChI=1S/C28H44O6S2.2C4H11NO/c1-21(2)15-9-5-7-11-17-23-24-18-13-14-20-26(24)28(36(32,33)34)27(35(29,30)31)25(23)19-12-8-6-10-16-22(3)4;2*1-5(2)3-4-6/h13-14,18,20-22H,5-12,15-17,19H2,1-4H3,(H,29,30,31)(H,32,33,34);2*6H,3-4H2,1-2H3. The summed E-state index contributed by atoms with van der Waals surface area (Å²) < 4.78 is 70.3. The summed E-state index contributed by atoms with van der Waals surface area (Å²) >= 11 is 0. The van der Waals surface area contributed by atoms with Gasteiger partial charge in [0.25, 0.3) is 20.2 Å². The Balaban J connectivity index is 0.00000156. The van der Waals surface area contributed by atoms with Crippen molar-refractivity contribution in [3.8, 4) is 0 Å². The van der Waals surface area contributed by atoms with Crippen LogP contribution in [0.2, 0.25) is 0 Å². The Labute approximate surface area is 292 Å². The molecule has 10 nitrogen and oxygen atoms in total. The predicted octanol–water partition coefficient (Wildman–Crippen LogP) is 6.71. The van der Waals surface area contributed by atoms with Crippen LogP contribution in [0, 0.1) is 11.8 Å². The topological polar surface area (TPSA) is 156 Å². The quantitative estimate of drug-likeness (QED) is 0.0857. The van der Waals surface area contributed by atoms with E-state index in [9.17, 15) is 25.9 Å². The molecule has 0 heterocycles. The van der Waals surface area contributed by atoms with Crippen LogP contribution in [0.25, 0.3) is 10.8 Å². The molecule has 0 fully saturated rings. The zero-order valence-corrected chi connectivity index (χ0v) is 32.5. The van der Waals surface area contributed by atoms with Gasteiger partial charge in [-0.05, 0) is 82.2 Å². The fraction of sp³-hybridized carbons (Fsp3) is 0.722. The van der Waals surface area contributed by atoms with Crippen LogP contribution >= 0.6 is 0 Å². The largest absolute Gasteiger partial charge is 0.395 e. The molecule has 0 spiro atoms. The van der Waals surface area contributed by atoms with Crippen molar-refractivity contribution in [2.75, 3.05) is 54.5 Å². The van der Waals surface area contributed by atoms with Crippen LogP contribution in [-0.4, -0.2) is 100 Å². The van der Waals surface area contributed by atoms with Crippen molar-refractivity contribution < 1.29 is 36.2 Å². The van der Waals surface area contributed by atoms with E-state index in [0.717, 1.165) is 70.0 Å². The van der Waals surface area contributed by atoms with Crippen molar-refractivity contribution in [3.05, 3.63) is 35.4 Å². The molecule has 0 bridgehead atoms. The Kier molecular flexibility index (Phi) is 23.7. The summed E-state index contributed by atoms with van der Waals surface area (Å²) in [4.78, 5) is 2.50. The second kappa shape index (κ2) is 24.5. The van der Waals surface area contributed by atoms with E-state index in [2.05, 4.69) is 27.7 Å². The van der Waals surface area contributed by atoms with Crippen molar-refractivity contribution in [2.45, 2.75) is 115 Å². The monoisotopic (exact) mass is 718 g/mol. The number of likely N-dealkylation sites (N-methyl/N-ethyl adjacent to an activating group) is 2. The first-order chi connectivity index (χ1) is 22.4. The second-order valence-electron chi connectivity index (χ2n) is 13.9.